The maximum absolute atomic E-state index is 6.55. The molecule has 34 heavy (non-hydrogen) atoms. The molecule has 2 atom stereocenters. The SMILES string of the molecule is Cc1ccccc1CNc1ccc2c(c1)C(OC(C)C)C(OCc1ccccc1C)C(C)(C)O2. The van der Waals surface area contributed by atoms with Crippen LogP contribution in [0, 0.1) is 13.8 Å². The average Bonchev–Trinajstić information content (AvgIpc) is 2.78. The molecule has 4 heteroatoms. The van der Waals surface area contributed by atoms with Gasteiger partial charge in [-0.3, -0.25) is 0 Å². The minimum atomic E-state index is -0.536. The second kappa shape index (κ2) is 10.2. The molecule has 4 nitrogen and oxygen atoms in total. The fourth-order valence-corrected chi connectivity index (χ4v) is 4.53. The molecular weight excluding hydrogens is 422 g/mol. The summed E-state index contributed by atoms with van der Waals surface area (Å²) in [6, 6.07) is 23.1. The van der Waals surface area contributed by atoms with Crippen molar-refractivity contribution in [1.29, 1.82) is 0 Å². The quantitative estimate of drug-likeness (QED) is 0.389. The van der Waals surface area contributed by atoms with E-state index in [0.29, 0.717) is 6.61 Å². The molecule has 0 radical (unpaired) electrons. The molecule has 1 heterocycles. The first-order valence-electron chi connectivity index (χ1n) is 12.2. The normalized spacial score (nSPS) is 18.9. The summed E-state index contributed by atoms with van der Waals surface area (Å²) in [4.78, 5) is 0. The van der Waals surface area contributed by atoms with E-state index in [1.54, 1.807) is 0 Å². The summed E-state index contributed by atoms with van der Waals surface area (Å²) in [5, 5.41) is 3.57. The Morgan fingerprint density at radius 1 is 0.912 bits per heavy atom. The zero-order valence-electron chi connectivity index (χ0n) is 21.2. The lowest BCUT2D eigenvalue weighted by Gasteiger charge is -2.45. The van der Waals surface area contributed by atoms with Crippen LogP contribution in [0.2, 0.25) is 0 Å². The van der Waals surface area contributed by atoms with Gasteiger partial charge in [-0.25, -0.2) is 0 Å². The predicted molar refractivity (Wildman–Crippen MR) is 138 cm³/mol. The Labute approximate surface area is 204 Å². The first kappa shape index (κ1) is 24.3. The van der Waals surface area contributed by atoms with Crippen molar-refractivity contribution in [3.63, 3.8) is 0 Å². The molecule has 1 N–H and O–H groups in total. The van der Waals surface area contributed by atoms with Gasteiger partial charge in [-0.05, 0) is 82.0 Å². The van der Waals surface area contributed by atoms with Gasteiger partial charge in [0.1, 0.15) is 23.6 Å². The molecule has 4 rings (SSSR count). The second-order valence-electron chi connectivity index (χ2n) is 10.0. The number of benzene rings is 3. The fraction of sp³-hybridized carbons (Fsp3) is 0.400. The number of anilines is 1. The van der Waals surface area contributed by atoms with E-state index in [0.717, 1.165) is 23.5 Å². The van der Waals surface area contributed by atoms with Gasteiger partial charge in [-0.1, -0.05) is 48.5 Å². The highest BCUT2D eigenvalue weighted by atomic mass is 16.6. The topological polar surface area (TPSA) is 39.7 Å². The van der Waals surface area contributed by atoms with E-state index in [1.165, 1.54) is 22.3 Å². The summed E-state index contributed by atoms with van der Waals surface area (Å²) in [5.74, 6) is 0.854. The molecule has 1 aliphatic heterocycles. The van der Waals surface area contributed by atoms with Crippen molar-refractivity contribution >= 4 is 5.69 Å². The van der Waals surface area contributed by atoms with E-state index in [9.17, 15) is 0 Å². The molecule has 2 unspecified atom stereocenters. The maximum atomic E-state index is 6.55. The maximum Gasteiger partial charge on any atom is 0.132 e. The van der Waals surface area contributed by atoms with E-state index >= 15 is 0 Å². The van der Waals surface area contributed by atoms with Gasteiger partial charge in [-0.2, -0.15) is 0 Å². The number of aryl methyl sites for hydroxylation is 2. The molecule has 1 aliphatic rings. The highest BCUT2D eigenvalue weighted by molar-refractivity contribution is 5.54. The largest absolute Gasteiger partial charge is 0.485 e. The molecule has 0 fully saturated rings. The zero-order valence-corrected chi connectivity index (χ0v) is 21.2. The molecule has 0 amide bonds. The zero-order chi connectivity index (χ0) is 24.3. The van der Waals surface area contributed by atoms with Crippen LogP contribution >= 0.6 is 0 Å². The third-order valence-corrected chi connectivity index (χ3v) is 6.49. The van der Waals surface area contributed by atoms with E-state index in [1.807, 2.05) is 6.07 Å². The standard InChI is InChI=1S/C30H37NO3/c1-20(2)33-28-26-17-25(31-18-23-13-9-7-11-21(23)3)15-16-27(26)34-30(5,6)29(28)32-19-24-14-10-8-12-22(24)4/h7-17,20,28-29,31H,18-19H2,1-6H3. The molecular formula is C30H37NO3. The van der Waals surface area contributed by atoms with Crippen LogP contribution in [0.1, 0.15) is 61.6 Å². The molecule has 0 spiro atoms. The summed E-state index contributed by atoms with van der Waals surface area (Å²) < 4.78 is 19.5. The van der Waals surface area contributed by atoms with Crippen molar-refractivity contribution in [1.82, 2.24) is 0 Å². The van der Waals surface area contributed by atoms with Crippen LogP contribution in [0.5, 0.6) is 5.75 Å². The monoisotopic (exact) mass is 459 g/mol. The van der Waals surface area contributed by atoms with Crippen molar-refractivity contribution in [2.75, 3.05) is 5.32 Å². The van der Waals surface area contributed by atoms with E-state index in [2.05, 4.69) is 108 Å². The molecule has 3 aromatic rings. The van der Waals surface area contributed by atoms with Crippen LogP contribution in [0.25, 0.3) is 0 Å². The van der Waals surface area contributed by atoms with Crippen LogP contribution in [0.3, 0.4) is 0 Å². The molecule has 0 saturated carbocycles. The van der Waals surface area contributed by atoms with Crippen molar-refractivity contribution in [2.24, 2.45) is 0 Å². The minimum absolute atomic E-state index is 0.0555. The summed E-state index contributed by atoms with van der Waals surface area (Å²) >= 11 is 0. The lowest BCUT2D eigenvalue weighted by Crippen LogP contribution is -2.51. The lowest BCUT2D eigenvalue weighted by atomic mass is 9.87. The third-order valence-electron chi connectivity index (χ3n) is 6.49. The van der Waals surface area contributed by atoms with Gasteiger partial charge in [0, 0.05) is 17.8 Å². The number of rotatable bonds is 8. The van der Waals surface area contributed by atoms with Crippen molar-refractivity contribution in [3.8, 4) is 5.75 Å². The van der Waals surface area contributed by atoms with Gasteiger partial charge in [0.2, 0.25) is 0 Å². The number of fused-ring (bicyclic) bond motifs is 1. The molecule has 3 aromatic carbocycles. The molecule has 0 aliphatic carbocycles. The Morgan fingerprint density at radius 2 is 1.56 bits per heavy atom. The minimum Gasteiger partial charge on any atom is -0.485 e. The summed E-state index contributed by atoms with van der Waals surface area (Å²) in [5.41, 5.74) is 6.50. The summed E-state index contributed by atoms with van der Waals surface area (Å²) in [6.07, 6.45) is -0.434. The molecule has 0 aromatic heterocycles. The highest BCUT2D eigenvalue weighted by Gasteiger charge is 2.46. The number of hydrogen-bond donors (Lipinski definition) is 1. The predicted octanol–water partition coefficient (Wildman–Crippen LogP) is 7.14. The van der Waals surface area contributed by atoms with Crippen molar-refractivity contribution in [2.45, 2.75) is 78.6 Å². The van der Waals surface area contributed by atoms with Gasteiger partial charge < -0.3 is 19.5 Å². The van der Waals surface area contributed by atoms with Crippen molar-refractivity contribution < 1.29 is 14.2 Å². The Hall–Kier alpha value is -2.82. The number of nitrogens with one attached hydrogen (secondary N) is 1. The lowest BCUT2D eigenvalue weighted by molar-refractivity contribution is -0.177. The van der Waals surface area contributed by atoms with Crippen LogP contribution < -0.4 is 10.1 Å². The average molecular weight is 460 g/mol. The Bertz CT molecular complexity index is 1120. The van der Waals surface area contributed by atoms with E-state index < -0.39 is 5.60 Å². The molecule has 180 valence electrons. The number of ether oxygens (including phenoxy) is 3. The Balaban J connectivity index is 1.60. The van der Waals surface area contributed by atoms with Crippen molar-refractivity contribution in [3.05, 3.63) is 94.5 Å². The van der Waals surface area contributed by atoms with Gasteiger partial charge >= 0.3 is 0 Å². The summed E-state index contributed by atoms with van der Waals surface area (Å²) in [6.45, 7) is 13.8. The first-order valence-corrected chi connectivity index (χ1v) is 12.2. The van der Waals surface area contributed by atoms with E-state index in [4.69, 9.17) is 14.2 Å². The van der Waals surface area contributed by atoms with Crippen LogP contribution in [0.15, 0.2) is 66.7 Å². The first-order chi connectivity index (χ1) is 16.2. The highest BCUT2D eigenvalue weighted by Crippen LogP contribution is 2.45. The van der Waals surface area contributed by atoms with Gasteiger partial charge in [0.15, 0.2) is 0 Å². The molecule has 0 saturated heterocycles. The summed E-state index contributed by atoms with van der Waals surface area (Å²) in [7, 11) is 0. The van der Waals surface area contributed by atoms with Crippen LogP contribution in [-0.4, -0.2) is 17.8 Å². The smallest absolute Gasteiger partial charge is 0.132 e. The fourth-order valence-electron chi connectivity index (χ4n) is 4.53. The second-order valence-corrected chi connectivity index (χ2v) is 10.0. The van der Waals surface area contributed by atoms with Crippen LogP contribution in [-0.2, 0) is 22.6 Å². The Morgan fingerprint density at radius 3 is 2.21 bits per heavy atom. The molecule has 0 bridgehead atoms. The number of hydrogen-bond acceptors (Lipinski definition) is 4. The van der Waals surface area contributed by atoms with E-state index in [-0.39, 0.29) is 18.3 Å². The third kappa shape index (κ3) is 5.45. The van der Waals surface area contributed by atoms with Crippen LogP contribution in [0.4, 0.5) is 5.69 Å². The van der Waals surface area contributed by atoms with Gasteiger partial charge in [-0.15, -0.1) is 0 Å². The Kier molecular flexibility index (Phi) is 7.30. The van der Waals surface area contributed by atoms with Gasteiger partial charge in [0.25, 0.3) is 0 Å². The van der Waals surface area contributed by atoms with Gasteiger partial charge in [0.05, 0.1) is 12.7 Å².